The van der Waals surface area contributed by atoms with Gasteiger partial charge in [0.05, 0.1) is 13.2 Å². The molecule has 0 bridgehead atoms. The molecule has 1 aliphatic heterocycles. The summed E-state index contributed by atoms with van der Waals surface area (Å²) in [7, 11) is 1.35. The van der Waals surface area contributed by atoms with Crippen LogP contribution in [-0.4, -0.2) is 12.9 Å². The average molecular weight is 253 g/mol. The molecule has 1 heterocycles. The molecular formula is C14H12N4O. The van der Waals surface area contributed by atoms with Crippen LogP contribution in [0.15, 0.2) is 46.8 Å². The predicted octanol–water partition coefficient (Wildman–Crippen LogP) is 1.66. The van der Waals surface area contributed by atoms with Crippen molar-refractivity contribution in [3.8, 4) is 12.1 Å². The molecule has 5 heteroatoms. The van der Waals surface area contributed by atoms with Gasteiger partial charge in [-0.05, 0) is 5.56 Å². The number of nitrogens with zero attached hydrogens (tertiary/aromatic N) is 3. The summed E-state index contributed by atoms with van der Waals surface area (Å²) in [5, 5.41) is 18.7. The van der Waals surface area contributed by atoms with E-state index in [1.54, 1.807) is 30.3 Å². The van der Waals surface area contributed by atoms with Gasteiger partial charge in [0, 0.05) is 7.26 Å². The van der Waals surface area contributed by atoms with Crippen molar-refractivity contribution in [2.24, 2.45) is 16.6 Å². The highest BCUT2D eigenvalue weighted by Gasteiger charge is 2.36. The first-order valence-corrected chi connectivity index (χ1v) is 5.57. The molecule has 2 unspecified atom stereocenters. The Morgan fingerprint density at radius 1 is 1.37 bits per heavy atom. The van der Waals surface area contributed by atoms with Crippen molar-refractivity contribution in [1.82, 2.24) is 0 Å². The normalized spacial score (nSPS) is 26.8. The van der Waals surface area contributed by atoms with Crippen LogP contribution < -0.4 is 5.73 Å². The lowest BCUT2D eigenvalue weighted by molar-refractivity contribution is 0.279. The fraction of sp³-hybridized carbons (Fsp3) is 0.214. The highest BCUT2D eigenvalue weighted by atomic mass is 16.5. The summed E-state index contributed by atoms with van der Waals surface area (Å²) in [6.07, 6.45) is 0. The number of hydrogen-bond acceptors (Lipinski definition) is 5. The number of ether oxygens (including phenoxy) is 1. The molecule has 2 rings (SSSR count). The molecule has 0 radical (unpaired) electrons. The van der Waals surface area contributed by atoms with Crippen molar-refractivity contribution >= 4 is 5.84 Å². The predicted molar refractivity (Wildman–Crippen MR) is 69.6 cm³/mol. The van der Waals surface area contributed by atoms with Crippen LogP contribution in [0.2, 0.25) is 0 Å². The molecule has 94 valence electrons. The lowest BCUT2D eigenvalue weighted by Gasteiger charge is -2.26. The molecule has 1 aliphatic rings. The number of benzene rings is 1. The largest absolute Gasteiger partial charge is 0.480 e. The summed E-state index contributed by atoms with van der Waals surface area (Å²) in [5.74, 6) is -2.71. The highest BCUT2D eigenvalue weighted by molar-refractivity contribution is 5.89. The third-order valence-electron chi connectivity index (χ3n) is 2.82. The maximum Gasteiger partial charge on any atom is 0.229 e. The Bertz CT molecular complexity index is 669. The second-order valence-electron chi connectivity index (χ2n) is 3.87. The van der Waals surface area contributed by atoms with Crippen LogP contribution in [0.3, 0.4) is 0 Å². The van der Waals surface area contributed by atoms with Gasteiger partial charge < -0.3 is 10.5 Å². The van der Waals surface area contributed by atoms with E-state index in [2.05, 4.69) is 4.99 Å². The van der Waals surface area contributed by atoms with Crippen LogP contribution in [0, 0.1) is 28.6 Å². The van der Waals surface area contributed by atoms with E-state index in [-0.39, 0.29) is 17.3 Å². The van der Waals surface area contributed by atoms with E-state index in [9.17, 15) is 10.5 Å². The second-order valence-corrected chi connectivity index (χ2v) is 3.87. The highest BCUT2D eigenvalue weighted by Crippen LogP contribution is 2.37. The number of aliphatic imine (C=N–C) groups is 1. The molecule has 0 saturated heterocycles. The Kier molecular flexibility index (Phi) is 3.12. The summed E-state index contributed by atoms with van der Waals surface area (Å²) in [6, 6.07) is 12.5. The van der Waals surface area contributed by atoms with Gasteiger partial charge in [0.25, 0.3) is 0 Å². The number of methoxy groups -OCH3 is 1. The molecular weight excluding hydrogens is 240 g/mol. The summed E-state index contributed by atoms with van der Waals surface area (Å²) in [4.78, 5) is 3.91. The van der Waals surface area contributed by atoms with Crippen LogP contribution in [0.25, 0.3) is 0 Å². The zero-order chi connectivity index (χ0) is 14.8. The monoisotopic (exact) mass is 253 g/mol. The van der Waals surface area contributed by atoms with E-state index in [1.165, 1.54) is 7.11 Å². The van der Waals surface area contributed by atoms with Crippen molar-refractivity contribution in [2.45, 2.75) is 5.89 Å². The van der Waals surface area contributed by atoms with Crippen molar-refractivity contribution in [2.75, 3.05) is 7.11 Å². The topological polar surface area (TPSA) is 95.2 Å². The molecule has 0 aromatic heterocycles. The zero-order valence-electron chi connectivity index (χ0n) is 11.3. The number of hydrogen-bond donors (Lipinski definition) is 1. The molecule has 1 aromatic carbocycles. The van der Waals surface area contributed by atoms with Crippen LogP contribution in [-0.2, 0) is 4.74 Å². The van der Waals surface area contributed by atoms with Crippen LogP contribution >= 0.6 is 0 Å². The molecule has 1 aromatic rings. The minimum atomic E-state index is -1.62. The number of nitrogens with two attached hydrogens (primary N) is 1. The van der Waals surface area contributed by atoms with E-state index in [0.717, 1.165) is 0 Å². The van der Waals surface area contributed by atoms with Gasteiger partial charge in [-0.1, -0.05) is 30.3 Å². The number of nitriles is 2. The quantitative estimate of drug-likeness (QED) is 0.867. The van der Waals surface area contributed by atoms with E-state index in [0.29, 0.717) is 5.56 Å². The van der Waals surface area contributed by atoms with Crippen molar-refractivity contribution in [3.63, 3.8) is 0 Å². The lowest BCUT2D eigenvalue weighted by Crippen LogP contribution is -2.32. The lowest BCUT2D eigenvalue weighted by atomic mass is 9.79. The molecule has 0 spiro atoms. The fourth-order valence-electron chi connectivity index (χ4n) is 1.96. The van der Waals surface area contributed by atoms with Crippen LogP contribution in [0.1, 0.15) is 12.8 Å². The number of amidine groups is 1. The summed E-state index contributed by atoms with van der Waals surface area (Å²) >= 11 is 0. The first-order valence-electron chi connectivity index (χ1n) is 6.07. The summed E-state index contributed by atoms with van der Waals surface area (Å²) in [6.45, 7) is 0. The molecule has 5 nitrogen and oxygen atoms in total. The standard InChI is InChI=1S/C14H12N4O/c1-19-14-11(8-16)12(9-5-3-2-4-6-9)10(7-15)13(17)18-14/h2-6,10,12H,1H3,(H2,17,18)/i12D. The minimum absolute atomic E-state index is 0.0182. The van der Waals surface area contributed by atoms with Gasteiger partial charge in [0.1, 0.15) is 23.4 Å². The van der Waals surface area contributed by atoms with E-state index in [1.807, 2.05) is 12.1 Å². The molecule has 0 fully saturated rings. The fourth-order valence-corrected chi connectivity index (χ4v) is 1.96. The molecule has 2 N–H and O–H groups in total. The van der Waals surface area contributed by atoms with Gasteiger partial charge in [-0.25, -0.2) is 0 Å². The van der Waals surface area contributed by atoms with E-state index >= 15 is 0 Å². The average Bonchev–Trinajstić information content (AvgIpc) is 2.47. The first-order chi connectivity index (χ1) is 9.59. The van der Waals surface area contributed by atoms with E-state index < -0.39 is 11.8 Å². The maximum absolute atomic E-state index is 9.36. The SMILES string of the molecule is [2H]C1(c2ccccc2)C(C#N)=C(OC)N=C(N)C1C#N. The second kappa shape index (κ2) is 5.24. The van der Waals surface area contributed by atoms with Crippen molar-refractivity contribution < 1.29 is 6.11 Å². The van der Waals surface area contributed by atoms with Crippen LogP contribution in [0.5, 0.6) is 0 Å². The third-order valence-corrected chi connectivity index (χ3v) is 2.82. The molecule has 19 heavy (non-hydrogen) atoms. The van der Waals surface area contributed by atoms with Crippen molar-refractivity contribution in [1.29, 1.82) is 10.5 Å². The summed E-state index contributed by atoms with van der Waals surface area (Å²) < 4.78 is 13.7. The molecule has 0 amide bonds. The number of rotatable bonds is 2. The Morgan fingerprint density at radius 2 is 2.05 bits per heavy atom. The molecule has 0 aliphatic carbocycles. The van der Waals surface area contributed by atoms with Gasteiger partial charge in [0.2, 0.25) is 5.88 Å². The van der Waals surface area contributed by atoms with Gasteiger partial charge in [0.15, 0.2) is 0 Å². The van der Waals surface area contributed by atoms with Gasteiger partial charge in [-0.2, -0.15) is 15.5 Å². The van der Waals surface area contributed by atoms with E-state index in [4.69, 9.17) is 11.8 Å². The number of allylic oxidation sites excluding steroid dienone is 1. The Hall–Kier alpha value is -2.79. The third kappa shape index (κ3) is 2.14. The van der Waals surface area contributed by atoms with Crippen LogP contribution in [0.4, 0.5) is 0 Å². The minimum Gasteiger partial charge on any atom is -0.480 e. The first kappa shape index (κ1) is 11.3. The van der Waals surface area contributed by atoms with Gasteiger partial charge >= 0.3 is 0 Å². The Morgan fingerprint density at radius 3 is 2.58 bits per heavy atom. The Labute approximate surface area is 112 Å². The smallest absolute Gasteiger partial charge is 0.229 e. The maximum atomic E-state index is 9.36. The molecule has 0 saturated carbocycles. The zero-order valence-corrected chi connectivity index (χ0v) is 10.3. The summed E-state index contributed by atoms with van der Waals surface area (Å²) in [5.41, 5.74) is 6.24. The Balaban J connectivity index is 2.76. The van der Waals surface area contributed by atoms with Gasteiger partial charge in [-0.3, -0.25) is 0 Å². The molecule has 2 atom stereocenters. The van der Waals surface area contributed by atoms with Gasteiger partial charge in [-0.15, -0.1) is 0 Å². The van der Waals surface area contributed by atoms with Crippen molar-refractivity contribution in [3.05, 3.63) is 47.4 Å².